The largest absolute Gasteiger partial charge is 0.481 e. The molecule has 0 aliphatic carbocycles. The number of likely N-dealkylation sites (N-methyl/N-ethyl adjacent to an activating group) is 1. The molecular formula is C14H18N2O5. The van der Waals surface area contributed by atoms with Crippen LogP contribution in [-0.4, -0.2) is 42.1 Å². The molecule has 0 aliphatic rings. The summed E-state index contributed by atoms with van der Waals surface area (Å²) in [7, 11) is 1.41. The maximum Gasteiger partial charge on any atom is 0.331 e. The average molecular weight is 294 g/mol. The van der Waals surface area contributed by atoms with E-state index in [0.717, 1.165) is 5.56 Å². The topological polar surface area (TPSA) is 119 Å². The first-order chi connectivity index (χ1) is 9.93. The fourth-order valence-electron chi connectivity index (χ4n) is 1.68. The summed E-state index contributed by atoms with van der Waals surface area (Å²) in [6, 6.07) is 6.98. The molecule has 0 unspecified atom stereocenters. The van der Waals surface area contributed by atoms with Crippen LogP contribution in [0, 0.1) is 0 Å². The summed E-state index contributed by atoms with van der Waals surface area (Å²) in [6.07, 6.45) is -0.243. The lowest BCUT2D eigenvalue weighted by molar-refractivity contribution is -0.163. The highest BCUT2D eigenvalue weighted by molar-refractivity contribution is 5.92. The zero-order valence-electron chi connectivity index (χ0n) is 11.6. The lowest BCUT2D eigenvalue weighted by Gasteiger charge is -2.14. The van der Waals surface area contributed by atoms with Crippen LogP contribution in [0.3, 0.4) is 0 Å². The Morgan fingerprint density at radius 1 is 1.24 bits per heavy atom. The molecule has 0 heterocycles. The van der Waals surface area contributed by atoms with Gasteiger partial charge in [0, 0.05) is 0 Å². The van der Waals surface area contributed by atoms with Gasteiger partial charge in [0.2, 0.25) is 0 Å². The summed E-state index contributed by atoms with van der Waals surface area (Å²) in [4.78, 5) is 33.9. The van der Waals surface area contributed by atoms with E-state index < -0.39 is 36.4 Å². The molecule has 0 amide bonds. The van der Waals surface area contributed by atoms with Crippen molar-refractivity contribution in [3.63, 3.8) is 0 Å². The van der Waals surface area contributed by atoms with Gasteiger partial charge >= 0.3 is 17.9 Å². The summed E-state index contributed by atoms with van der Waals surface area (Å²) in [6.45, 7) is 0. The second kappa shape index (κ2) is 8.13. The molecule has 4 N–H and O–H groups in total. The highest BCUT2D eigenvalue weighted by Crippen LogP contribution is 2.04. The van der Waals surface area contributed by atoms with Gasteiger partial charge in [-0.3, -0.25) is 4.79 Å². The molecule has 21 heavy (non-hydrogen) atoms. The van der Waals surface area contributed by atoms with Gasteiger partial charge in [-0.1, -0.05) is 30.3 Å². The van der Waals surface area contributed by atoms with Crippen LogP contribution in [-0.2, 0) is 25.5 Å². The van der Waals surface area contributed by atoms with Crippen molar-refractivity contribution < 1.29 is 24.2 Å². The molecule has 2 atom stereocenters. The number of carboxylic acids is 1. The van der Waals surface area contributed by atoms with Crippen LogP contribution >= 0.6 is 0 Å². The molecule has 1 aromatic rings. The Balaban J connectivity index is 2.55. The van der Waals surface area contributed by atoms with E-state index in [1.165, 1.54) is 7.05 Å². The zero-order chi connectivity index (χ0) is 15.8. The van der Waals surface area contributed by atoms with Crippen molar-refractivity contribution in [3.05, 3.63) is 35.9 Å². The number of nitrogens with one attached hydrogen (secondary N) is 1. The highest BCUT2D eigenvalue weighted by Gasteiger charge is 2.26. The molecule has 0 saturated heterocycles. The monoisotopic (exact) mass is 294 g/mol. The summed E-state index contributed by atoms with van der Waals surface area (Å²) >= 11 is 0. The van der Waals surface area contributed by atoms with Gasteiger partial charge in [0.05, 0.1) is 6.42 Å². The van der Waals surface area contributed by atoms with Crippen molar-refractivity contribution >= 4 is 17.9 Å². The normalized spacial score (nSPS) is 13.2. The van der Waals surface area contributed by atoms with Crippen molar-refractivity contribution in [3.8, 4) is 0 Å². The molecular weight excluding hydrogens is 276 g/mol. The predicted molar refractivity (Wildman–Crippen MR) is 74.3 cm³/mol. The first-order valence-electron chi connectivity index (χ1n) is 6.38. The molecule has 0 spiro atoms. The van der Waals surface area contributed by atoms with Crippen LogP contribution in [0.25, 0.3) is 0 Å². The molecule has 1 aromatic carbocycles. The zero-order valence-corrected chi connectivity index (χ0v) is 11.6. The number of esters is 2. The van der Waals surface area contributed by atoms with Gasteiger partial charge in [-0.25, -0.2) is 9.59 Å². The van der Waals surface area contributed by atoms with E-state index in [-0.39, 0.29) is 6.42 Å². The molecule has 7 heteroatoms. The fourth-order valence-corrected chi connectivity index (χ4v) is 1.68. The number of nitrogens with two attached hydrogens (primary N) is 1. The number of hydrogen-bond donors (Lipinski definition) is 3. The quantitative estimate of drug-likeness (QED) is 0.466. The Morgan fingerprint density at radius 2 is 1.86 bits per heavy atom. The molecule has 114 valence electrons. The Kier molecular flexibility index (Phi) is 6.51. The Hall–Kier alpha value is -2.25. The second-order valence-electron chi connectivity index (χ2n) is 4.48. The van der Waals surface area contributed by atoms with Crippen molar-refractivity contribution in [2.24, 2.45) is 5.73 Å². The van der Waals surface area contributed by atoms with E-state index in [1.54, 1.807) is 12.1 Å². The molecule has 0 aromatic heterocycles. The average Bonchev–Trinajstić information content (AvgIpc) is 2.45. The van der Waals surface area contributed by atoms with Crippen LogP contribution in [0.15, 0.2) is 30.3 Å². The molecule has 0 bridgehead atoms. The van der Waals surface area contributed by atoms with Gasteiger partial charge in [-0.2, -0.15) is 0 Å². The molecule has 0 fully saturated rings. The van der Waals surface area contributed by atoms with E-state index in [9.17, 15) is 14.4 Å². The number of carbonyl (C=O) groups excluding carboxylic acids is 2. The van der Waals surface area contributed by atoms with E-state index >= 15 is 0 Å². The minimum atomic E-state index is -1.17. The van der Waals surface area contributed by atoms with Gasteiger partial charge in [0.25, 0.3) is 0 Å². The smallest absolute Gasteiger partial charge is 0.331 e. The third-order valence-corrected chi connectivity index (χ3v) is 2.81. The van der Waals surface area contributed by atoms with Gasteiger partial charge < -0.3 is 20.9 Å². The molecule has 0 aliphatic heterocycles. The van der Waals surface area contributed by atoms with Crippen LogP contribution in [0.4, 0.5) is 0 Å². The highest BCUT2D eigenvalue weighted by atomic mass is 16.6. The summed E-state index contributed by atoms with van der Waals surface area (Å²) in [5, 5.41) is 11.1. The van der Waals surface area contributed by atoms with Gasteiger partial charge in [-0.15, -0.1) is 0 Å². The van der Waals surface area contributed by atoms with E-state index in [2.05, 4.69) is 10.1 Å². The third-order valence-electron chi connectivity index (χ3n) is 2.81. The molecule has 0 radical (unpaired) electrons. The van der Waals surface area contributed by atoms with Gasteiger partial charge in [0.1, 0.15) is 12.1 Å². The van der Waals surface area contributed by atoms with Crippen molar-refractivity contribution in [1.29, 1.82) is 0 Å². The molecule has 0 saturated carbocycles. The number of rotatable bonds is 7. The van der Waals surface area contributed by atoms with Crippen molar-refractivity contribution in [1.82, 2.24) is 5.32 Å². The Labute approximate surface area is 122 Å². The number of carbonyl (C=O) groups is 3. The Bertz CT molecular complexity index is 503. The first kappa shape index (κ1) is 16.8. The summed E-state index contributed by atoms with van der Waals surface area (Å²) < 4.78 is 4.61. The maximum atomic E-state index is 11.7. The minimum Gasteiger partial charge on any atom is -0.481 e. The summed E-state index contributed by atoms with van der Waals surface area (Å²) in [5.74, 6) is -3.00. The third kappa shape index (κ3) is 5.72. The first-order valence-corrected chi connectivity index (χ1v) is 6.38. The summed E-state index contributed by atoms with van der Waals surface area (Å²) in [5.41, 5.74) is 6.51. The standard InChI is InChI=1S/C14H18N2O5/c1-16-11(8-12(17)18)14(20)21-13(19)10(15)7-9-5-3-2-4-6-9/h2-6,10-11,16H,7-8,15H2,1H3,(H,17,18)/t10-,11-/m0/s1. The van der Waals surface area contributed by atoms with Crippen LogP contribution in [0.2, 0.25) is 0 Å². The SMILES string of the molecule is CN[C@@H](CC(=O)O)C(=O)OC(=O)[C@@H](N)Cc1ccccc1. The Morgan fingerprint density at radius 3 is 2.38 bits per heavy atom. The van der Waals surface area contributed by atoms with Gasteiger partial charge in [0.15, 0.2) is 0 Å². The second-order valence-corrected chi connectivity index (χ2v) is 4.48. The van der Waals surface area contributed by atoms with E-state index in [4.69, 9.17) is 10.8 Å². The van der Waals surface area contributed by atoms with Crippen LogP contribution in [0.5, 0.6) is 0 Å². The molecule has 1 rings (SSSR count). The van der Waals surface area contributed by atoms with Gasteiger partial charge in [-0.05, 0) is 19.0 Å². The van der Waals surface area contributed by atoms with Crippen LogP contribution in [0.1, 0.15) is 12.0 Å². The molecule has 7 nitrogen and oxygen atoms in total. The number of carboxylic acid groups (broad SMARTS) is 1. The van der Waals surface area contributed by atoms with E-state index in [1.807, 2.05) is 18.2 Å². The van der Waals surface area contributed by atoms with Crippen molar-refractivity contribution in [2.45, 2.75) is 24.9 Å². The number of aliphatic carboxylic acids is 1. The number of hydrogen-bond acceptors (Lipinski definition) is 6. The van der Waals surface area contributed by atoms with E-state index in [0.29, 0.717) is 0 Å². The van der Waals surface area contributed by atoms with Crippen LogP contribution < -0.4 is 11.1 Å². The lowest BCUT2D eigenvalue weighted by Crippen LogP contribution is -2.42. The number of benzene rings is 1. The maximum absolute atomic E-state index is 11.7. The fraction of sp³-hybridized carbons (Fsp3) is 0.357. The van der Waals surface area contributed by atoms with Crippen molar-refractivity contribution in [2.75, 3.05) is 7.05 Å². The number of ether oxygens (including phenoxy) is 1. The lowest BCUT2D eigenvalue weighted by atomic mass is 10.1. The minimum absolute atomic E-state index is 0.232. The predicted octanol–water partition coefficient (Wildman–Crippen LogP) is -0.311.